The van der Waals surface area contributed by atoms with Crippen LogP contribution >= 0.6 is 0 Å². The molecule has 3 aliphatic heterocycles. The number of nitrogens with zero attached hydrogens (tertiary/aromatic N) is 5. The van der Waals surface area contributed by atoms with Gasteiger partial charge in [-0.3, -0.25) is 19.2 Å². The lowest BCUT2D eigenvalue weighted by atomic mass is 9.70. The maximum absolute atomic E-state index is 14.6. The number of nitrogens with one attached hydrogen (secondary N) is 1. The molecular formula is C36H42N6O7. The van der Waals surface area contributed by atoms with Crippen molar-refractivity contribution in [3.8, 4) is 0 Å². The highest BCUT2D eigenvalue weighted by molar-refractivity contribution is 5.99. The van der Waals surface area contributed by atoms with Crippen LogP contribution in [0.5, 0.6) is 0 Å². The highest BCUT2D eigenvalue weighted by Gasteiger charge is 2.74. The van der Waals surface area contributed by atoms with Crippen LogP contribution in [0, 0.1) is 11.8 Å². The van der Waals surface area contributed by atoms with Gasteiger partial charge in [0.15, 0.2) is 0 Å². The number of likely N-dealkylation sites (tertiary alicyclic amines) is 1. The van der Waals surface area contributed by atoms with Gasteiger partial charge in [0.25, 0.3) is 0 Å². The molecule has 13 heteroatoms. The summed E-state index contributed by atoms with van der Waals surface area (Å²) in [6.45, 7) is 7.57. The van der Waals surface area contributed by atoms with Gasteiger partial charge in [-0.05, 0) is 43.4 Å². The van der Waals surface area contributed by atoms with Crippen LogP contribution in [0.1, 0.15) is 43.7 Å². The fourth-order valence-corrected chi connectivity index (χ4v) is 7.59. The molecule has 258 valence electrons. The molecule has 3 aromatic rings. The summed E-state index contributed by atoms with van der Waals surface area (Å²) in [7, 11) is 0. The van der Waals surface area contributed by atoms with E-state index in [2.05, 4.69) is 28.8 Å². The number of aliphatic hydroxyl groups excluding tert-OH is 1. The number of aliphatic hydroxyl groups is 1. The van der Waals surface area contributed by atoms with Crippen LogP contribution in [-0.2, 0) is 35.3 Å². The van der Waals surface area contributed by atoms with Crippen LogP contribution in [-0.4, -0.2) is 97.6 Å². The molecule has 0 saturated carbocycles. The van der Waals surface area contributed by atoms with Gasteiger partial charge < -0.3 is 29.7 Å². The molecule has 3 amide bonds. The van der Waals surface area contributed by atoms with Crippen LogP contribution in [0.25, 0.3) is 11.0 Å². The van der Waals surface area contributed by atoms with Crippen molar-refractivity contribution in [1.82, 2.24) is 30.1 Å². The number of benzene rings is 2. The number of fused-ring (bicyclic) bond motifs is 2. The summed E-state index contributed by atoms with van der Waals surface area (Å²) >= 11 is 0. The average molecular weight is 671 g/mol. The van der Waals surface area contributed by atoms with Crippen LogP contribution < -0.4 is 5.32 Å². The van der Waals surface area contributed by atoms with Crippen molar-refractivity contribution in [2.24, 2.45) is 11.8 Å². The molecule has 0 radical (unpaired) electrons. The fourth-order valence-electron chi connectivity index (χ4n) is 7.59. The molecule has 1 aromatic heterocycles. The molecule has 0 unspecified atom stereocenters. The molecule has 4 heterocycles. The Morgan fingerprint density at radius 3 is 2.67 bits per heavy atom. The van der Waals surface area contributed by atoms with Gasteiger partial charge >= 0.3 is 5.97 Å². The second kappa shape index (κ2) is 14.7. The molecule has 2 N–H and O–H groups in total. The van der Waals surface area contributed by atoms with Gasteiger partial charge in [-0.2, -0.15) is 0 Å². The summed E-state index contributed by atoms with van der Waals surface area (Å²) in [5, 5.41) is 21.2. The van der Waals surface area contributed by atoms with Gasteiger partial charge in [0.05, 0.1) is 29.5 Å². The van der Waals surface area contributed by atoms with Crippen molar-refractivity contribution in [1.29, 1.82) is 0 Å². The Balaban J connectivity index is 1.28. The summed E-state index contributed by atoms with van der Waals surface area (Å²) in [4.78, 5) is 58.6. The highest BCUT2D eigenvalue weighted by atomic mass is 16.5. The predicted octanol–water partition coefficient (Wildman–Crippen LogP) is 2.53. The van der Waals surface area contributed by atoms with Gasteiger partial charge in [-0.1, -0.05) is 59.8 Å². The maximum Gasteiger partial charge on any atom is 0.306 e. The van der Waals surface area contributed by atoms with Crippen molar-refractivity contribution >= 4 is 34.7 Å². The molecule has 1 spiro atoms. The summed E-state index contributed by atoms with van der Waals surface area (Å²) in [5.74, 6) is -3.32. The first-order valence-corrected chi connectivity index (χ1v) is 16.7. The average Bonchev–Trinajstić information content (AvgIpc) is 3.87. The minimum absolute atomic E-state index is 0.0578. The summed E-state index contributed by atoms with van der Waals surface area (Å²) in [5.41, 5.74) is 0.927. The zero-order valence-corrected chi connectivity index (χ0v) is 27.4. The van der Waals surface area contributed by atoms with Gasteiger partial charge in [0.2, 0.25) is 17.7 Å². The Kier molecular flexibility index (Phi) is 10.2. The smallest absolute Gasteiger partial charge is 0.306 e. The fraction of sp³-hybridized carbons (Fsp3) is 0.444. The maximum atomic E-state index is 14.6. The van der Waals surface area contributed by atoms with Gasteiger partial charge in [0.1, 0.15) is 30.4 Å². The Morgan fingerprint density at radius 1 is 1.14 bits per heavy atom. The van der Waals surface area contributed by atoms with E-state index in [-0.39, 0.29) is 57.6 Å². The number of esters is 1. The molecule has 2 aromatic carbocycles. The van der Waals surface area contributed by atoms with Gasteiger partial charge in [0, 0.05) is 26.1 Å². The molecule has 0 aliphatic carbocycles. The van der Waals surface area contributed by atoms with E-state index in [0.717, 1.165) is 11.1 Å². The molecule has 3 fully saturated rings. The lowest BCUT2D eigenvalue weighted by molar-refractivity contribution is -0.149. The second-order valence-electron chi connectivity index (χ2n) is 12.7. The van der Waals surface area contributed by atoms with E-state index in [9.17, 15) is 24.3 Å². The summed E-state index contributed by atoms with van der Waals surface area (Å²) in [6.07, 6.45) is 4.47. The number of amides is 3. The van der Waals surface area contributed by atoms with Crippen molar-refractivity contribution in [2.75, 3.05) is 26.3 Å². The van der Waals surface area contributed by atoms with E-state index < -0.39 is 47.5 Å². The number of carbonyl (C=O) groups excluding carboxylic acids is 4. The zero-order chi connectivity index (χ0) is 34.5. The lowest BCUT2D eigenvalue weighted by Gasteiger charge is -2.36. The Labute approximate surface area is 284 Å². The van der Waals surface area contributed by atoms with Crippen LogP contribution in [0.3, 0.4) is 0 Å². The largest absolute Gasteiger partial charge is 0.463 e. The molecule has 2 bridgehead atoms. The number of allylic oxidation sites excluding steroid dienone is 1. The Bertz CT molecular complexity index is 1710. The summed E-state index contributed by atoms with van der Waals surface area (Å²) in [6, 6.07) is 14.9. The molecule has 13 nitrogen and oxygen atoms in total. The van der Waals surface area contributed by atoms with Crippen molar-refractivity contribution in [3.63, 3.8) is 0 Å². The number of aromatic nitrogens is 3. The normalized spacial score (nSPS) is 24.4. The van der Waals surface area contributed by atoms with E-state index in [1.807, 2.05) is 54.6 Å². The van der Waals surface area contributed by atoms with Crippen molar-refractivity contribution in [2.45, 2.75) is 62.6 Å². The SMILES string of the molecule is C=CCCC(=O)OC[C@H](NC(=O)[C@@H]1[C@@H]2CC[C@]3(O2)[C@H](C(=O)N(CC=C)Cn2nnc4ccccc42)N(CCCO)C(=O)[C@@H]13)c1ccccc1. The number of hydrogen-bond acceptors (Lipinski definition) is 9. The van der Waals surface area contributed by atoms with Gasteiger partial charge in [-0.15, -0.1) is 18.3 Å². The van der Waals surface area contributed by atoms with E-state index >= 15 is 0 Å². The first kappa shape index (κ1) is 34.0. The first-order chi connectivity index (χ1) is 23.8. The minimum Gasteiger partial charge on any atom is -0.463 e. The number of ether oxygens (including phenoxy) is 2. The third-order valence-electron chi connectivity index (χ3n) is 9.76. The third kappa shape index (κ3) is 6.47. The first-order valence-electron chi connectivity index (χ1n) is 16.7. The van der Waals surface area contributed by atoms with Gasteiger partial charge in [-0.25, -0.2) is 4.68 Å². The molecule has 6 rings (SSSR count). The van der Waals surface area contributed by atoms with E-state index in [1.54, 1.807) is 21.7 Å². The van der Waals surface area contributed by atoms with Crippen LogP contribution in [0.4, 0.5) is 0 Å². The van der Waals surface area contributed by atoms with Crippen molar-refractivity contribution < 1.29 is 33.8 Å². The molecular weight excluding hydrogens is 628 g/mol. The van der Waals surface area contributed by atoms with Crippen molar-refractivity contribution in [3.05, 3.63) is 85.5 Å². The predicted molar refractivity (Wildman–Crippen MR) is 178 cm³/mol. The van der Waals surface area contributed by atoms with E-state index in [1.165, 1.54) is 4.90 Å². The second-order valence-corrected chi connectivity index (χ2v) is 12.7. The molecule has 6 atom stereocenters. The minimum atomic E-state index is -1.24. The number of para-hydroxylation sites is 1. The highest BCUT2D eigenvalue weighted by Crippen LogP contribution is 2.58. The van der Waals surface area contributed by atoms with Crippen LogP contribution in [0.2, 0.25) is 0 Å². The molecule has 49 heavy (non-hydrogen) atoms. The third-order valence-corrected chi connectivity index (χ3v) is 9.76. The topological polar surface area (TPSA) is 156 Å². The Morgan fingerprint density at radius 2 is 1.92 bits per heavy atom. The standard InChI is InChI=1S/C36H42N6O7/c1-3-5-16-29(44)48-22-26(24-12-7-6-8-13-24)37-33(45)30-28-17-18-36(49-28)31(30)34(46)41(20-11-21-43)32(36)35(47)40(19-4-2)23-42-27-15-10-9-14-25(27)38-39-42/h3-4,6-10,12-15,26,28,30-32,43H,1-2,5,11,16-23H2,(H,37,45)/t26-,28-,30+,31+,32-,36+/m0/s1. The number of carbonyl (C=O) groups is 4. The Hall–Kier alpha value is -4.88. The zero-order valence-electron chi connectivity index (χ0n) is 27.4. The quantitative estimate of drug-likeness (QED) is 0.173. The monoisotopic (exact) mass is 670 g/mol. The van der Waals surface area contributed by atoms with E-state index in [4.69, 9.17) is 9.47 Å². The van der Waals surface area contributed by atoms with E-state index in [0.29, 0.717) is 24.8 Å². The number of rotatable bonds is 16. The summed E-state index contributed by atoms with van der Waals surface area (Å²) < 4.78 is 13.7. The van der Waals surface area contributed by atoms with Crippen LogP contribution in [0.15, 0.2) is 79.9 Å². The lowest BCUT2D eigenvalue weighted by Crippen LogP contribution is -2.56. The molecule has 3 saturated heterocycles. The number of hydrogen-bond donors (Lipinski definition) is 2. The molecule has 3 aliphatic rings.